The molecule has 0 fully saturated rings. The summed E-state index contributed by atoms with van der Waals surface area (Å²) < 4.78 is 21.4. The minimum atomic E-state index is -1.07. The van der Waals surface area contributed by atoms with Crippen molar-refractivity contribution in [2.24, 2.45) is 5.73 Å². The first-order valence-corrected chi connectivity index (χ1v) is 11.2. The fourth-order valence-corrected chi connectivity index (χ4v) is 3.20. The van der Waals surface area contributed by atoms with Gasteiger partial charge in [0.2, 0.25) is 0 Å². The van der Waals surface area contributed by atoms with Crippen LogP contribution in [0.5, 0.6) is 5.75 Å². The first kappa shape index (κ1) is 26.7. The van der Waals surface area contributed by atoms with Crippen LogP contribution in [-0.2, 0) is 35.0 Å². The molecular weight excluding hydrogens is 430 g/mol. The number of Topliss-reactive ketones (excluding diaryl/α,β-unsaturated/α-hetero) is 2. The summed E-state index contributed by atoms with van der Waals surface area (Å²) in [5.74, 6) is -1.10. The molecule has 2 rings (SSSR count). The van der Waals surface area contributed by atoms with E-state index in [1.807, 2.05) is 0 Å². The van der Waals surface area contributed by atoms with Crippen molar-refractivity contribution < 1.29 is 38.4 Å². The lowest BCUT2D eigenvalue weighted by atomic mass is 9.88. The Bertz CT molecular complexity index is 821. The number of rotatable bonds is 18. The van der Waals surface area contributed by atoms with Crippen LogP contribution >= 0.6 is 0 Å². The molecular formula is C24H33NO8. The third-order valence-electron chi connectivity index (χ3n) is 4.91. The summed E-state index contributed by atoms with van der Waals surface area (Å²) in [5, 5.41) is 8.70. The maximum atomic E-state index is 12.5. The number of ketones is 2. The molecule has 3 N–H and O–H groups in total. The van der Waals surface area contributed by atoms with Crippen LogP contribution < -0.4 is 10.5 Å². The van der Waals surface area contributed by atoms with E-state index in [0.29, 0.717) is 58.4 Å². The lowest BCUT2D eigenvalue weighted by Gasteiger charge is -2.16. The van der Waals surface area contributed by atoms with Crippen LogP contribution in [-0.4, -0.2) is 75.4 Å². The summed E-state index contributed by atoms with van der Waals surface area (Å²) in [6, 6.07) is 5.00. The molecule has 1 aromatic rings. The number of allylic oxidation sites excluding steroid dienone is 1. The lowest BCUT2D eigenvalue weighted by molar-refractivity contribution is -0.139. The van der Waals surface area contributed by atoms with Gasteiger partial charge < -0.3 is 29.8 Å². The third-order valence-corrected chi connectivity index (χ3v) is 4.91. The number of fused-ring (bicyclic) bond motifs is 1. The van der Waals surface area contributed by atoms with Crippen molar-refractivity contribution >= 4 is 23.6 Å². The number of aliphatic carboxylic acids is 1. The van der Waals surface area contributed by atoms with Gasteiger partial charge in [-0.1, -0.05) is 6.07 Å². The molecule has 0 saturated carbocycles. The highest BCUT2D eigenvalue weighted by molar-refractivity contribution is 6.25. The van der Waals surface area contributed by atoms with Crippen molar-refractivity contribution in [2.75, 3.05) is 52.8 Å². The van der Waals surface area contributed by atoms with E-state index < -0.39 is 12.6 Å². The largest absolute Gasteiger partial charge is 0.482 e. The Morgan fingerprint density at radius 3 is 2.27 bits per heavy atom. The zero-order chi connectivity index (χ0) is 23.9. The van der Waals surface area contributed by atoms with E-state index in [-0.39, 0.29) is 30.0 Å². The van der Waals surface area contributed by atoms with Crippen LogP contribution in [0.2, 0.25) is 0 Å². The first-order chi connectivity index (χ1) is 16.0. The molecule has 0 aliphatic heterocycles. The molecule has 0 aromatic heterocycles. The Kier molecular flexibility index (Phi) is 12.3. The molecule has 9 heteroatoms. The monoisotopic (exact) mass is 463 g/mol. The highest BCUT2D eigenvalue weighted by atomic mass is 16.5. The van der Waals surface area contributed by atoms with Crippen LogP contribution in [0.1, 0.15) is 36.8 Å². The Labute approximate surface area is 193 Å². The predicted molar refractivity (Wildman–Crippen MR) is 121 cm³/mol. The molecule has 0 unspecified atom stereocenters. The number of hydrogen-bond donors (Lipinski definition) is 2. The van der Waals surface area contributed by atoms with Gasteiger partial charge in [-0.3, -0.25) is 9.59 Å². The molecule has 182 valence electrons. The molecule has 0 radical (unpaired) electrons. The smallest absolute Gasteiger partial charge is 0.341 e. The standard InChI is InChI=1S/C24H33NO8/c25-7-3-9-31-11-13-32-12-10-30-8-2-1-4-22(26)21-15-18-5-6-20(33-17-24(28)29)14-19(18)16-23(21)27/h5-6,14-15H,1-4,7-13,16-17,25H2,(H,28,29). The maximum Gasteiger partial charge on any atom is 0.341 e. The lowest BCUT2D eigenvalue weighted by Crippen LogP contribution is -2.19. The van der Waals surface area contributed by atoms with Crippen molar-refractivity contribution in [3.63, 3.8) is 0 Å². The van der Waals surface area contributed by atoms with Gasteiger partial charge in [-0.05, 0) is 55.1 Å². The third kappa shape index (κ3) is 10.3. The molecule has 0 atom stereocenters. The molecule has 0 amide bonds. The van der Waals surface area contributed by atoms with E-state index in [4.69, 9.17) is 29.8 Å². The van der Waals surface area contributed by atoms with Crippen molar-refractivity contribution in [1.82, 2.24) is 0 Å². The normalized spacial score (nSPS) is 12.9. The van der Waals surface area contributed by atoms with Crippen LogP contribution in [0.4, 0.5) is 0 Å². The van der Waals surface area contributed by atoms with E-state index in [2.05, 4.69) is 0 Å². The summed E-state index contributed by atoms with van der Waals surface area (Å²) in [6.45, 7) is 3.38. The number of nitrogens with two attached hydrogens (primary N) is 1. The molecule has 0 bridgehead atoms. The molecule has 1 aliphatic carbocycles. The minimum absolute atomic E-state index is 0.0956. The van der Waals surface area contributed by atoms with E-state index in [1.165, 1.54) is 0 Å². The van der Waals surface area contributed by atoms with Crippen molar-refractivity contribution in [2.45, 2.75) is 32.1 Å². The molecule has 0 heterocycles. The summed E-state index contributed by atoms with van der Waals surface area (Å²) in [6.07, 6.45) is 4.18. The fourth-order valence-electron chi connectivity index (χ4n) is 3.20. The van der Waals surface area contributed by atoms with Gasteiger partial charge in [-0.2, -0.15) is 0 Å². The van der Waals surface area contributed by atoms with E-state index in [1.54, 1.807) is 24.3 Å². The Morgan fingerprint density at radius 2 is 1.61 bits per heavy atom. The number of carbonyl (C=O) groups is 3. The van der Waals surface area contributed by atoms with Gasteiger partial charge in [0.05, 0.1) is 32.0 Å². The highest BCUT2D eigenvalue weighted by Gasteiger charge is 2.24. The number of hydrogen-bond acceptors (Lipinski definition) is 8. The van der Waals surface area contributed by atoms with Crippen molar-refractivity contribution in [3.05, 3.63) is 34.9 Å². The molecule has 1 aliphatic rings. The summed E-state index contributed by atoms with van der Waals surface area (Å²) in [5.41, 5.74) is 7.08. The second kappa shape index (κ2) is 15.3. The molecule has 1 aromatic carbocycles. The van der Waals surface area contributed by atoms with Crippen molar-refractivity contribution in [3.8, 4) is 5.75 Å². The zero-order valence-corrected chi connectivity index (χ0v) is 18.9. The van der Waals surface area contributed by atoms with E-state index >= 15 is 0 Å². The highest BCUT2D eigenvalue weighted by Crippen LogP contribution is 2.27. The second-order valence-corrected chi connectivity index (χ2v) is 7.56. The zero-order valence-electron chi connectivity index (χ0n) is 18.9. The number of ether oxygens (including phenoxy) is 4. The number of benzene rings is 1. The molecule has 9 nitrogen and oxygen atoms in total. The second-order valence-electron chi connectivity index (χ2n) is 7.56. The van der Waals surface area contributed by atoms with Crippen LogP contribution in [0.25, 0.3) is 6.08 Å². The van der Waals surface area contributed by atoms with Gasteiger partial charge in [0.1, 0.15) is 5.75 Å². The van der Waals surface area contributed by atoms with Gasteiger partial charge in [-0.15, -0.1) is 0 Å². The van der Waals surface area contributed by atoms with Gasteiger partial charge in [-0.25, -0.2) is 4.79 Å². The number of carboxylic acids is 1. The van der Waals surface area contributed by atoms with Gasteiger partial charge >= 0.3 is 5.97 Å². The Balaban J connectivity index is 1.62. The van der Waals surface area contributed by atoms with Crippen LogP contribution in [0, 0.1) is 0 Å². The summed E-state index contributed by atoms with van der Waals surface area (Å²) in [7, 11) is 0. The Morgan fingerprint density at radius 1 is 0.939 bits per heavy atom. The predicted octanol–water partition coefficient (Wildman–Crippen LogP) is 1.80. The number of carboxylic acid groups (broad SMARTS) is 1. The van der Waals surface area contributed by atoms with Gasteiger partial charge in [0, 0.05) is 26.1 Å². The van der Waals surface area contributed by atoms with Crippen LogP contribution in [0.3, 0.4) is 0 Å². The fraction of sp³-hybridized carbons (Fsp3) is 0.542. The van der Waals surface area contributed by atoms with E-state index in [0.717, 1.165) is 24.0 Å². The summed E-state index contributed by atoms with van der Waals surface area (Å²) in [4.78, 5) is 35.6. The van der Waals surface area contributed by atoms with Gasteiger partial charge in [0.15, 0.2) is 18.2 Å². The maximum absolute atomic E-state index is 12.5. The topological polar surface area (TPSA) is 134 Å². The average Bonchev–Trinajstić information content (AvgIpc) is 2.80. The summed E-state index contributed by atoms with van der Waals surface area (Å²) >= 11 is 0. The minimum Gasteiger partial charge on any atom is -0.482 e. The molecule has 33 heavy (non-hydrogen) atoms. The Hall–Kier alpha value is -2.59. The van der Waals surface area contributed by atoms with Gasteiger partial charge in [0.25, 0.3) is 0 Å². The van der Waals surface area contributed by atoms with Crippen LogP contribution in [0.15, 0.2) is 23.8 Å². The molecule has 0 saturated heterocycles. The number of carbonyl (C=O) groups excluding carboxylic acids is 2. The quantitative estimate of drug-likeness (QED) is 0.247. The first-order valence-electron chi connectivity index (χ1n) is 11.2. The average molecular weight is 464 g/mol. The van der Waals surface area contributed by atoms with Crippen molar-refractivity contribution in [1.29, 1.82) is 0 Å². The number of unbranched alkanes of at least 4 members (excludes halogenated alkanes) is 1. The molecule has 0 spiro atoms. The van der Waals surface area contributed by atoms with E-state index in [9.17, 15) is 14.4 Å². The SMILES string of the molecule is NCCCOCCOCCOCCCCC(=O)C1=Cc2ccc(OCC(=O)O)cc2CC1=O.